The van der Waals surface area contributed by atoms with E-state index in [1.165, 1.54) is 0 Å². The van der Waals surface area contributed by atoms with E-state index in [1.807, 2.05) is 31.1 Å². The fraction of sp³-hybridized carbons (Fsp3) is 0.250. The predicted molar refractivity (Wildman–Crippen MR) is 50.2 cm³/mol. The van der Waals surface area contributed by atoms with Gasteiger partial charge in [0.1, 0.15) is 0 Å². The second-order valence-corrected chi connectivity index (χ2v) is 3.01. The third kappa shape index (κ3) is 1.77. The Hall–Kier alpha value is -0.890. The molecule has 0 aliphatic rings. The van der Waals surface area contributed by atoms with Gasteiger partial charge >= 0.3 is 0 Å². The van der Waals surface area contributed by atoms with Crippen LogP contribution in [-0.4, -0.2) is 14.1 Å². The molecule has 0 radical (unpaired) electrons. The fourth-order valence-electron chi connectivity index (χ4n) is 0.886. The van der Waals surface area contributed by atoms with Crippen LogP contribution in [0.15, 0.2) is 18.2 Å². The zero-order chi connectivity index (χ0) is 8.43. The third-order valence-corrected chi connectivity index (χ3v) is 1.76. The van der Waals surface area contributed by atoms with Crippen molar-refractivity contribution < 1.29 is 0 Å². The normalized spacial score (nSPS) is 9.73. The van der Waals surface area contributed by atoms with Crippen LogP contribution in [0.3, 0.4) is 0 Å². The van der Waals surface area contributed by atoms with Crippen LogP contribution in [0.25, 0.3) is 0 Å². The topological polar surface area (TPSA) is 29.3 Å². The van der Waals surface area contributed by atoms with Gasteiger partial charge in [0.2, 0.25) is 0 Å². The molecule has 0 bridgehead atoms. The lowest BCUT2D eigenvalue weighted by Gasteiger charge is -2.13. The summed E-state index contributed by atoms with van der Waals surface area (Å²) >= 11 is 5.90. The minimum atomic E-state index is 0.690. The van der Waals surface area contributed by atoms with Crippen molar-refractivity contribution >= 4 is 23.0 Å². The van der Waals surface area contributed by atoms with Crippen molar-refractivity contribution in [2.75, 3.05) is 24.7 Å². The van der Waals surface area contributed by atoms with E-state index in [4.69, 9.17) is 17.3 Å². The molecular formula is C8H11ClN2. The highest BCUT2D eigenvalue weighted by Gasteiger charge is 2.00. The molecule has 0 aliphatic carbocycles. The van der Waals surface area contributed by atoms with Gasteiger partial charge in [-0.1, -0.05) is 11.6 Å². The summed E-state index contributed by atoms with van der Waals surface area (Å²) in [6.45, 7) is 0. The summed E-state index contributed by atoms with van der Waals surface area (Å²) in [4.78, 5) is 1.95. The van der Waals surface area contributed by atoms with E-state index in [9.17, 15) is 0 Å². The highest BCUT2D eigenvalue weighted by atomic mass is 35.5. The smallest absolute Gasteiger partial charge is 0.0659 e. The van der Waals surface area contributed by atoms with Crippen molar-refractivity contribution in [1.29, 1.82) is 0 Å². The van der Waals surface area contributed by atoms with Crippen molar-refractivity contribution in [2.24, 2.45) is 0 Å². The van der Waals surface area contributed by atoms with Crippen molar-refractivity contribution in [1.82, 2.24) is 0 Å². The largest absolute Gasteiger partial charge is 0.399 e. The van der Waals surface area contributed by atoms with E-state index in [0.717, 1.165) is 5.69 Å². The number of nitrogens with two attached hydrogens (primary N) is 1. The Morgan fingerprint density at radius 1 is 1.36 bits per heavy atom. The molecule has 0 atom stereocenters. The first kappa shape index (κ1) is 8.21. The monoisotopic (exact) mass is 170 g/mol. The van der Waals surface area contributed by atoms with Gasteiger partial charge in [-0.3, -0.25) is 0 Å². The molecule has 1 rings (SSSR count). The number of halogens is 1. The van der Waals surface area contributed by atoms with Gasteiger partial charge in [0, 0.05) is 19.8 Å². The average molecular weight is 171 g/mol. The molecule has 3 heteroatoms. The van der Waals surface area contributed by atoms with Crippen LogP contribution in [-0.2, 0) is 0 Å². The summed E-state index contributed by atoms with van der Waals surface area (Å²) in [5, 5.41) is 0.690. The van der Waals surface area contributed by atoms with E-state index in [2.05, 4.69) is 0 Å². The summed E-state index contributed by atoms with van der Waals surface area (Å²) in [7, 11) is 3.88. The number of nitrogen functional groups attached to an aromatic ring is 1. The SMILES string of the molecule is CN(C)c1ccc(N)cc1Cl. The van der Waals surface area contributed by atoms with Crippen molar-refractivity contribution in [3.63, 3.8) is 0 Å². The maximum atomic E-state index is 5.90. The van der Waals surface area contributed by atoms with Gasteiger partial charge < -0.3 is 10.6 Å². The minimum absolute atomic E-state index is 0.690. The molecule has 60 valence electrons. The van der Waals surface area contributed by atoms with Crippen LogP contribution in [0, 0.1) is 0 Å². The second-order valence-electron chi connectivity index (χ2n) is 2.61. The Balaban J connectivity index is 3.09. The number of hydrogen-bond acceptors (Lipinski definition) is 2. The Kier molecular flexibility index (Phi) is 2.25. The molecule has 0 spiro atoms. The number of rotatable bonds is 1. The van der Waals surface area contributed by atoms with Gasteiger partial charge in [0.15, 0.2) is 0 Å². The molecule has 0 amide bonds. The first-order chi connectivity index (χ1) is 5.11. The van der Waals surface area contributed by atoms with Gasteiger partial charge in [-0.15, -0.1) is 0 Å². The average Bonchev–Trinajstić information content (AvgIpc) is 1.85. The zero-order valence-corrected chi connectivity index (χ0v) is 7.39. The van der Waals surface area contributed by atoms with Gasteiger partial charge in [0.25, 0.3) is 0 Å². The highest BCUT2D eigenvalue weighted by molar-refractivity contribution is 6.33. The van der Waals surface area contributed by atoms with Crippen LogP contribution in [0.5, 0.6) is 0 Å². The molecule has 0 heterocycles. The Morgan fingerprint density at radius 2 is 2.00 bits per heavy atom. The molecule has 0 saturated heterocycles. The molecule has 1 aromatic carbocycles. The maximum Gasteiger partial charge on any atom is 0.0659 e. The van der Waals surface area contributed by atoms with E-state index in [1.54, 1.807) is 6.07 Å². The Labute approximate surface area is 71.6 Å². The maximum absolute atomic E-state index is 5.90. The summed E-state index contributed by atoms with van der Waals surface area (Å²) in [6.07, 6.45) is 0. The van der Waals surface area contributed by atoms with Gasteiger partial charge in [-0.2, -0.15) is 0 Å². The summed E-state index contributed by atoms with van der Waals surface area (Å²) in [5.41, 5.74) is 7.21. The van der Waals surface area contributed by atoms with Crippen LogP contribution in [0.4, 0.5) is 11.4 Å². The molecule has 11 heavy (non-hydrogen) atoms. The number of benzene rings is 1. The molecule has 1 aromatic rings. The molecule has 0 aliphatic heterocycles. The van der Waals surface area contributed by atoms with Crippen molar-refractivity contribution in [3.8, 4) is 0 Å². The molecule has 0 aromatic heterocycles. The highest BCUT2D eigenvalue weighted by Crippen LogP contribution is 2.25. The van der Waals surface area contributed by atoms with Crippen LogP contribution < -0.4 is 10.6 Å². The van der Waals surface area contributed by atoms with Crippen molar-refractivity contribution in [3.05, 3.63) is 23.2 Å². The molecule has 0 fully saturated rings. The van der Waals surface area contributed by atoms with Crippen LogP contribution in [0.2, 0.25) is 5.02 Å². The quantitative estimate of drug-likeness (QED) is 0.654. The lowest BCUT2D eigenvalue weighted by atomic mass is 10.3. The van der Waals surface area contributed by atoms with Gasteiger partial charge in [0.05, 0.1) is 10.7 Å². The molecule has 0 saturated carbocycles. The lowest BCUT2D eigenvalue weighted by molar-refractivity contribution is 1.13. The van der Waals surface area contributed by atoms with Crippen LogP contribution >= 0.6 is 11.6 Å². The first-order valence-electron chi connectivity index (χ1n) is 3.33. The summed E-state index contributed by atoms with van der Waals surface area (Å²) in [6, 6.07) is 5.48. The van der Waals surface area contributed by atoms with Crippen molar-refractivity contribution in [2.45, 2.75) is 0 Å². The summed E-state index contributed by atoms with van der Waals surface area (Å²) in [5.74, 6) is 0. The predicted octanol–water partition coefficient (Wildman–Crippen LogP) is 1.99. The Morgan fingerprint density at radius 3 is 2.45 bits per heavy atom. The first-order valence-corrected chi connectivity index (χ1v) is 3.71. The molecular weight excluding hydrogens is 160 g/mol. The molecule has 0 unspecified atom stereocenters. The second kappa shape index (κ2) is 3.01. The minimum Gasteiger partial charge on any atom is -0.399 e. The number of hydrogen-bond donors (Lipinski definition) is 1. The molecule has 2 nitrogen and oxygen atoms in total. The zero-order valence-electron chi connectivity index (χ0n) is 6.63. The van der Waals surface area contributed by atoms with E-state index in [0.29, 0.717) is 10.7 Å². The fourth-order valence-corrected chi connectivity index (χ4v) is 1.24. The van der Waals surface area contributed by atoms with Gasteiger partial charge in [-0.05, 0) is 18.2 Å². The lowest BCUT2D eigenvalue weighted by Crippen LogP contribution is -2.09. The Bertz CT molecular complexity index is 258. The number of anilines is 2. The van der Waals surface area contributed by atoms with E-state index >= 15 is 0 Å². The number of nitrogens with zero attached hydrogens (tertiary/aromatic N) is 1. The van der Waals surface area contributed by atoms with E-state index < -0.39 is 0 Å². The van der Waals surface area contributed by atoms with E-state index in [-0.39, 0.29) is 0 Å². The standard InChI is InChI=1S/C8H11ClN2/c1-11(2)8-4-3-6(10)5-7(8)9/h3-5H,10H2,1-2H3. The molecule has 2 N–H and O–H groups in total. The third-order valence-electron chi connectivity index (χ3n) is 1.45. The van der Waals surface area contributed by atoms with Gasteiger partial charge in [-0.25, -0.2) is 0 Å². The summed E-state index contributed by atoms with van der Waals surface area (Å²) < 4.78 is 0. The van der Waals surface area contributed by atoms with Crippen LogP contribution in [0.1, 0.15) is 0 Å².